The molecule has 1 aliphatic rings. The number of ether oxygens (including phenoxy) is 1. The molecule has 6 nitrogen and oxygen atoms in total. The normalized spacial score (nSPS) is 18.0. The summed E-state index contributed by atoms with van der Waals surface area (Å²) in [6, 6.07) is 2.09. The van der Waals surface area contributed by atoms with Crippen molar-refractivity contribution in [2.75, 3.05) is 17.2 Å². The van der Waals surface area contributed by atoms with Gasteiger partial charge in [-0.25, -0.2) is 9.97 Å². The smallest absolute Gasteiger partial charge is 0.227 e. The number of nitrogen functional groups attached to an aromatic ring is 1. The van der Waals surface area contributed by atoms with E-state index in [1.165, 1.54) is 0 Å². The van der Waals surface area contributed by atoms with E-state index in [2.05, 4.69) is 26.8 Å². The van der Waals surface area contributed by atoms with Crippen molar-refractivity contribution < 1.29 is 4.74 Å². The second-order valence-corrected chi connectivity index (χ2v) is 5.13. The number of hydrogen-bond acceptors (Lipinski definition) is 6. The lowest BCUT2D eigenvalue weighted by Crippen LogP contribution is -2.34. The van der Waals surface area contributed by atoms with Gasteiger partial charge in [0.25, 0.3) is 0 Å². The molecule has 3 rings (SSSR count). The first-order valence-electron chi connectivity index (χ1n) is 7.12. The van der Waals surface area contributed by atoms with Crippen LogP contribution in [0.4, 0.5) is 11.8 Å². The van der Waals surface area contributed by atoms with Crippen LogP contribution in [0.1, 0.15) is 26.0 Å². The van der Waals surface area contributed by atoms with Gasteiger partial charge in [0.1, 0.15) is 12.0 Å². The summed E-state index contributed by atoms with van der Waals surface area (Å²) < 4.78 is 5.91. The molecule has 0 bridgehead atoms. The molecule has 110 valence electrons. The Balaban J connectivity index is 2.34. The standard InChI is InChI=1S/C15H19N5O/c1-4-6-20-10(5-2)8-21-14-12-11(7-9(3)17-14)18-15(16)19-13(12)20/h4,6-7,10H,5,8H2,1-3H3,(H2,16,18,19)/b6-4-. The Morgan fingerprint density at radius 3 is 2.95 bits per heavy atom. The number of aryl methyl sites for hydroxylation is 1. The van der Waals surface area contributed by atoms with Gasteiger partial charge in [-0.15, -0.1) is 0 Å². The van der Waals surface area contributed by atoms with E-state index in [-0.39, 0.29) is 12.0 Å². The van der Waals surface area contributed by atoms with Gasteiger partial charge in [-0.2, -0.15) is 4.98 Å². The summed E-state index contributed by atoms with van der Waals surface area (Å²) in [5.41, 5.74) is 7.51. The van der Waals surface area contributed by atoms with Crippen LogP contribution in [-0.4, -0.2) is 27.6 Å². The predicted molar refractivity (Wildman–Crippen MR) is 83.3 cm³/mol. The highest BCUT2D eigenvalue weighted by Gasteiger charge is 2.27. The Labute approximate surface area is 123 Å². The molecule has 0 radical (unpaired) electrons. The molecule has 21 heavy (non-hydrogen) atoms. The third kappa shape index (κ3) is 2.26. The Morgan fingerprint density at radius 1 is 1.43 bits per heavy atom. The molecule has 0 aromatic carbocycles. The van der Waals surface area contributed by atoms with Gasteiger partial charge >= 0.3 is 0 Å². The SMILES string of the molecule is C/C=C\N1c2nc(N)nc3cc(C)nc(c23)OCC1CC. The summed E-state index contributed by atoms with van der Waals surface area (Å²) >= 11 is 0. The number of nitrogens with two attached hydrogens (primary N) is 1. The van der Waals surface area contributed by atoms with Gasteiger partial charge < -0.3 is 15.4 Å². The maximum Gasteiger partial charge on any atom is 0.227 e. The average molecular weight is 285 g/mol. The zero-order valence-electron chi connectivity index (χ0n) is 12.5. The van der Waals surface area contributed by atoms with E-state index in [1.807, 2.05) is 32.2 Å². The monoisotopic (exact) mass is 285 g/mol. The molecular weight excluding hydrogens is 266 g/mol. The Morgan fingerprint density at radius 2 is 2.24 bits per heavy atom. The fourth-order valence-corrected chi connectivity index (χ4v) is 2.63. The minimum absolute atomic E-state index is 0.188. The third-order valence-corrected chi connectivity index (χ3v) is 3.60. The molecule has 0 fully saturated rings. The number of allylic oxidation sites excluding steroid dienone is 1. The largest absolute Gasteiger partial charge is 0.475 e. The lowest BCUT2D eigenvalue weighted by molar-refractivity contribution is 0.281. The molecule has 0 aliphatic carbocycles. The van der Waals surface area contributed by atoms with Gasteiger partial charge in [0, 0.05) is 11.9 Å². The zero-order chi connectivity index (χ0) is 15.0. The summed E-state index contributed by atoms with van der Waals surface area (Å²) in [5.74, 6) is 1.62. The average Bonchev–Trinajstić information content (AvgIpc) is 2.58. The van der Waals surface area contributed by atoms with E-state index in [4.69, 9.17) is 10.5 Å². The first-order chi connectivity index (χ1) is 10.1. The highest BCUT2D eigenvalue weighted by Crippen LogP contribution is 2.36. The maximum atomic E-state index is 5.91. The van der Waals surface area contributed by atoms with Crippen molar-refractivity contribution >= 4 is 22.7 Å². The first kappa shape index (κ1) is 13.6. The number of anilines is 2. The van der Waals surface area contributed by atoms with Gasteiger partial charge in [-0.05, 0) is 26.3 Å². The molecular formula is C15H19N5O. The van der Waals surface area contributed by atoms with Crippen LogP contribution in [0, 0.1) is 6.92 Å². The molecule has 1 unspecified atom stereocenters. The van der Waals surface area contributed by atoms with Crippen LogP contribution in [0.5, 0.6) is 5.88 Å². The van der Waals surface area contributed by atoms with Gasteiger partial charge in [0.15, 0.2) is 5.82 Å². The minimum Gasteiger partial charge on any atom is -0.475 e. The van der Waals surface area contributed by atoms with E-state index in [1.54, 1.807) is 0 Å². The number of rotatable bonds is 2. The number of pyridine rings is 1. The van der Waals surface area contributed by atoms with E-state index >= 15 is 0 Å². The van der Waals surface area contributed by atoms with Gasteiger partial charge in [-0.1, -0.05) is 13.0 Å². The van der Waals surface area contributed by atoms with E-state index in [9.17, 15) is 0 Å². The van der Waals surface area contributed by atoms with Crippen molar-refractivity contribution in [1.82, 2.24) is 15.0 Å². The van der Waals surface area contributed by atoms with E-state index in [0.717, 1.165) is 28.8 Å². The van der Waals surface area contributed by atoms with Crippen molar-refractivity contribution in [3.05, 3.63) is 24.0 Å². The topological polar surface area (TPSA) is 77.2 Å². The summed E-state index contributed by atoms with van der Waals surface area (Å²) in [5, 5.41) is 0.823. The lowest BCUT2D eigenvalue weighted by Gasteiger charge is -2.26. The number of nitrogens with zero attached hydrogens (tertiary/aromatic N) is 4. The lowest BCUT2D eigenvalue weighted by atomic mass is 10.2. The predicted octanol–water partition coefficient (Wildman–Crippen LogP) is 2.43. The van der Waals surface area contributed by atoms with Crippen LogP contribution in [0.3, 0.4) is 0 Å². The molecule has 0 spiro atoms. The Hall–Kier alpha value is -2.37. The van der Waals surface area contributed by atoms with Crippen molar-refractivity contribution in [3.8, 4) is 5.88 Å². The minimum atomic E-state index is 0.188. The van der Waals surface area contributed by atoms with E-state index in [0.29, 0.717) is 12.5 Å². The molecule has 0 saturated carbocycles. The highest BCUT2D eigenvalue weighted by atomic mass is 16.5. The van der Waals surface area contributed by atoms with E-state index < -0.39 is 0 Å². The molecule has 6 heteroatoms. The molecule has 2 aromatic heterocycles. The zero-order valence-corrected chi connectivity index (χ0v) is 12.5. The molecule has 2 aromatic rings. The molecule has 0 amide bonds. The molecule has 1 aliphatic heterocycles. The maximum absolute atomic E-state index is 5.91. The quantitative estimate of drug-likeness (QED) is 0.913. The summed E-state index contributed by atoms with van der Waals surface area (Å²) in [4.78, 5) is 15.4. The van der Waals surface area contributed by atoms with Crippen molar-refractivity contribution in [2.45, 2.75) is 33.2 Å². The Bertz CT molecular complexity index is 708. The van der Waals surface area contributed by atoms with Crippen LogP contribution in [-0.2, 0) is 0 Å². The molecule has 0 saturated heterocycles. The number of hydrogen-bond donors (Lipinski definition) is 1. The molecule has 3 heterocycles. The fraction of sp³-hybridized carbons (Fsp3) is 0.400. The fourth-order valence-electron chi connectivity index (χ4n) is 2.63. The second kappa shape index (κ2) is 5.20. The van der Waals surface area contributed by atoms with Gasteiger partial charge in [0.2, 0.25) is 11.8 Å². The highest BCUT2D eigenvalue weighted by molar-refractivity contribution is 5.95. The van der Waals surface area contributed by atoms with Gasteiger partial charge in [0.05, 0.1) is 11.6 Å². The third-order valence-electron chi connectivity index (χ3n) is 3.60. The van der Waals surface area contributed by atoms with Crippen molar-refractivity contribution in [1.29, 1.82) is 0 Å². The Kier molecular flexibility index (Phi) is 3.37. The first-order valence-corrected chi connectivity index (χ1v) is 7.12. The van der Waals surface area contributed by atoms with Crippen molar-refractivity contribution in [2.24, 2.45) is 0 Å². The summed E-state index contributed by atoms with van der Waals surface area (Å²) in [6.45, 7) is 6.58. The van der Waals surface area contributed by atoms with Gasteiger partial charge in [-0.3, -0.25) is 0 Å². The van der Waals surface area contributed by atoms with Crippen molar-refractivity contribution in [3.63, 3.8) is 0 Å². The number of aromatic nitrogens is 3. The second-order valence-electron chi connectivity index (χ2n) is 5.13. The van der Waals surface area contributed by atoms with Crippen LogP contribution in [0.2, 0.25) is 0 Å². The van der Waals surface area contributed by atoms with Crippen LogP contribution in [0.25, 0.3) is 10.9 Å². The molecule has 1 atom stereocenters. The molecule has 2 N–H and O–H groups in total. The van der Waals surface area contributed by atoms with Crippen LogP contribution >= 0.6 is 0 Å². The van der Waals surface area contributed by atoms with Crippen LogP contribution in [0.15, 0.2) is 18.3 Å². The summed E-state index contributed by atoms with van der Waals surface area (Å²) in [7, 11) is 0. The van der Waals surface area contributed by atoms with Crippen LogP contribution < -0.4 is 15.4 Å². The summed E-state index contributed by atoms with van der Waals surface area (Å²) in [6.07, 6.45) is 4.93.